The van der Waals surface area contributed by atoms with E-state index >= 15 is 0 Å². The number of nitrogens with zero attached hydrogens (tertiary/aromatic N) is 2. The van der Waals surface area contributed by atoms with Crippen molar-refractivity contribution in [2.45, 2.75) is 251 Å². The first-order chi connectivity index (χ1) is 31.3. The van der Waals surface area contributed by atoms with Crippen molar-refractivity contribution in [3.05, 3.63) is 83.6 Å². The third kappa shape index (κ3) is 21.6. The van der Waals surface area contributed by atoms with Crippen molar-refractivity contribution in [1.82, 2.24) is 0 Å². The molecule has 2 heterocycles. The Morgan fingerprint density at radius 2 is 0.846 bits per heavy atom. The van der Waals surface area contributed by atoms with Crippen LogP contribution in [0.2, 0.25) is 0 Å². The van der Waals surface area contributed by atoms with Gasteiger partial charge in [0.1, 0.15) is 6.54 Å². The molecule has 0 N–H and O–H groups in total. The van der Waals surface area contributed by atoms with Gasteiger partial charge in [0.05, 0.1) is 5.41 Å². The summed E-state index contributed by atoms with van der Waals surface area (Å²) in [6.07, 6.45) is 51.1. The topological polar surface area (TPSA) is 98.5 Å². The standard InChI is InChI=1S/C58H95N2.ClHO4/c1-7-9-11-13-15-17-19-21-23-25-27-29-31-33-35-41-50-60-54-46-39-37-44-52(54)58(5,6)56(60)48-42-47-55-57(3,4)51-43-36-38-45-53(51)59(55)49-40-34-32-30-28-26-24-22-20-18-16-14-12-10-8-2;2-1(3,4)5/h36-39,42-48H,7-35,40-41,49-50H2,1-6H3;(H,2,3,4,5)/q+1;/p-1. The van der Waals surface area contributed by atoms with Crippen LogP contribution >= 0.6 is 0 Å². The molecular weight excluding hydrogens is 824 g/mol. The number of para-hydroxylation sites is 2. The van der Waals surface area contributed by atoms with Gasteiger partial charge in [-0.15, -0.1) is 10.2 Å². The van der Waals surface area contributed by atoms with Crippen molar-refractivity contribution in [3.8, 4) is 0 Å². The normalized spacial score (nSPS) is 15.8. The minimum absolute atomic E-state index is 0.0114. The van der Waals surface area contributed by atoms with Crippen molar-refractivity contribution in [2.75, 3.05) is 18.0 Å². The molecule has 0 saturated carbocycles. The highest BCUT2D eigenvalue weighted by molar-refractivity contribution is 6.03. The number of anilines is 1. The molecule has 0 bridgehead atoms. The first kappa shape index (κ1) is 56.8. The maximum absolute atomic E-state index is 8.49. The van der Waals surface area contributed by atoms with Crippen LogP contribution in [0.1, 0.15) is 252 Å². The van der Waals surface area contributed by atoms with Crippen molar-refractivity contribution in [2.24, 2.45) is 0 Å². The molecule has 65 heavy (non-hydrogen) atoms. The summed E-state index contributed by atoms with van der Waals surface area (Å²) in [7, 11) is -4.94. The van der Waals surface area contributed by atoms with Gasteiger partial charge in [0.25, 0.3) is 0 Å². The molecule has 368 valence electrons. The van der Waals surface area contributed by atoms with Crippen molar-refractivity contribution >= 4 is 17.1 Å². The van der Waals surface area contributed by atoms with E-state index in [2.05, 4.69) is 118 Å². The smallest absolute Gasteiger partial charge is 0.209 e. The van der Waals surface area contributed by atoms with Gasteiger partial charge in [-0.2, -0.15) is 4.58 Å². The van der Waals surface area contributed by atoms with Gasteiger partial charge in [-0.25, -0.2) is 18.6 Å². The lowest BCUT2D eigenvalue weighted by atomic mass is 9.81. The number of allylic oxidation sites excluding steroid dienone is 4. The van der Waals surface area contributed by atoms with Crippen molar-refractivity contribution in [3.63, 3.8) is 0 Å². The van der Waals surface area contributed by atoms with Gasteiger partial charge >= 0.3 is 0 Å². The van der Waals surface area contributed by atoms with Gasteiger partial charge in [-0.1, -0.05) is 250 Å². The van der Waals surface area contributed by atoms with Crippen LogP contribution in [0.25, 0.3) is 0 Å². The van der Waals surface area contributed by atoms with E-state index in [9.17, 15) is 0 Å². The van der Waals surface area contributed by atoms with Gasteiger partial charge in [-0.3, -0.25) is 0 Å². The fraction of sp³-hybridized carbons (Fsp3) is 0.707. The second-order valence-electron chi connectivity index (χ2n) is 20.5. The van der Waals surface area contributed by atoms with E-state index in [1.807, 2.05) is 0 Å². The van der Waals surface area contributed by atoms with Crippen LogP contribution in [-0.2, 0) is 10.8 Å². The van der Waals surface area contributed by atoms with Crippen LogP contribution < -0.4 is 23.5 Å². The zero-order valence-electron chi connectivity index (χ0n) is 42.6. The van der Waals surface area contributed by atoms with Gasteiger partial charge < -0.3 is 4.90 Å². The van der Waals surface area contributed by atoms with Crippen LogP contribution in [0.15, 0.2) is 72.5 Å². The van der Waals surface area contributed by atoms with E-state index in [0.29, 0.717) is 0 Å². The van der Waals surface area contributed by atoms with E-state index in [1.165, 1.54) is 233 Å². The predicted octanol–water partition coefficient (Wildman–Crippen LogP) is 13.7. The monoisotopic (exact) mass is 919 g/mol. The van der Waals surface area contributed by atoms with Crippen LogP contribution in [0.5, 0.6) is 0 Å². The fourth-order valence-corrected chi connectivity index (χ4v) is 10.5. The predicted molar refractivity (Wildman–Crippen MR) is 268 cm³/mol. The third-order valence-electron chi connectivity index (χ3n) is 14.3. The average Bonchev–Trinajstić information content (AvgIpc) is 3.62. The third-order valence-corrected chi connectivity index (χ3v) is 14.3. The van der Waals surface area contributed by atoms with Crippen LogP contribution in [0, 0.1) is 10.2 Å². The van der Waals surface area contributed by atoms with E-state index in [-0.39, 0.29) is 10.8 Å². The minimum atomic E-state index is -4.94. The molecular formula is C58H95ClN2O4. The molecule has 2 aromatic rings. The molecule has 2 aromatic carbocycles. The largest absolute Gasteiger partial charge is 0.344 e. The summed E-state index contributed by atoms with van der Waals surface area (Å²) in [6.45, 7) is 16.6. The summed E-state index contributed by atoms with van der Waals surface area (Å²) < 4.78 is 36.6. The van der Waals surface area contributed by atoms with Gasteiger partial charge in [0.15, 0.2) is 5.71 Å². The molecule has 0 atom stereocenters. The molecule has 0 fully saturated rings. The Labute approximate surface area is 401 Å². The number of hydrogen-bond donors (Lipinski definition) is 0. The molecule has 0 spiro atoms. The molecule has 4 rings (SSSR count). The quantitative estimate of drug-likeness (QED) is 0.0507. The first-order valence-electron chi connectivity index (χ1n) is 27.0. The Morgan fingerprint density at radius 1 is 0.477 bits per heavy atom. The number of unbranched alkanes of at least 4 members (excludes halogenated alkanes) is 29. The Morgan fingerprint density at radius 3 is 1.29 bits per heavy atom. The maximum atomic E-state index is 8.49. The lowest BCUT2D eigenvalue weighted by Crippen LogP contribution is -2.68. The molecule has 2 aliphatic rings. The number of halogens is 1. The van der Waals surface area contributed by atoms with E-state index in [4.69, 9.17) is 18.6 Å². The van der Waals surface area contributed by atoms with Crippen molar-refractivity contribution in [1.29, 1.82) is 0 Å². The summed E-state index contributed by atoms with van der Waals surface area (Å²) in [6, 6.07) is 18.4. The molecule has 2 aliphatic heterocycles. The summed E-state index contributed by atoms with van der Waals surface area (Å²) in [5, 5.41) is 0. The average molecular weight is 920 g/mol. The Kier molecular flexibility index (Phi) is 28.2. The number of hydrogen-bond acceptors (Lipinski definition) is 5. The number of fused-ring (bicyclic) bond motifs is 2. The molecule has 0 unspecified atom stereocenters. The minimum Gasteiger partial charge on any atom is -0.344 e. The molecule has 0 radical (unpaired) electrons. The molecule has 0 saturated heterocycles. The lowest BCUT2D eigenvalue weighted by molar-refractivity contribution is -2.00. The fourth-order valence-electron chi connectivity index (χ4n) is 10.5. The van der Waals surface area contributed by atoms with Crippen LogP contribution in [-0.4, -0.2) is 23.4 Å². The Bertz CT molecular complexity index is 1650. The maximum Gasteiger partial charge on any atom is 0.209 e. The molecule has 0 aliphatic carbocycles. The highest BCUT2D eigenvalue weighted by Gasteiger charge is 2.44. The van der Waals surface area contributed by atoms with Gasteiger partial charge in [-0.05, 0) is 44.4 Å². The van der Waals surface area contributed by atoms with E-state index in [0.717, 1.165) is 13.1 Å². The van der Waals surface area contributed by atoms with Gasteiger partial charge in [0, 0.05) is 47.5 Å². The zero-order chi connectivity index (χ0) is 47.2. The second kappa shape index (κ2) is 32.3. The van der Waals surface area contributed by atoms with E-state index < -0.39 is 10.2 Å². The molecule has 6 nitrogen and oxygen atoms in total. The Balaban J connectivity index is 0.00000212. The molecule has 0 amide bonds. The number of benzene rings is 2. The highest BCUT2D eigenvalue weighted by atomic mass is 35.7. The number of rotatable bonds is 35. The Hall–Kier alpha value is -2.48. The summed E-state index contributed by atoms with van der Waals surface area (Å²) in [5.74, 6) is 0. The van der Waals surface area contributed by atoms with E-state index in [1.54, 1.807) is 0 Å². The summed E-state index contributed by atoms with van der Waals surface area (Å²) in [5.41, 5.74) is 8.64. The summed E-state index contributed by atoms with van der Waals surface area (Å²) >= 11 is 0. The SMILES string of the molecule is CCCCCCCCCCCCCCCCCCN1/C(=C\C=C\C2=[N+](CCCCCCCCCCCCCCCCC)c3ccccc3C2(C)C)C(C)(C)c2ccccc21.[O-][Cl+3]([O-])([O-])[O-]. The highest BCUT2D eigenvalue weighted by Crippen LogP contribution is 2.48. The molecule has 0 aromatic heterocycles. The first-order valence-corrected chi connectivity index (χ1v) is 28.2. The summed E-state index contributed by atoms with van der Waals surface area (Å²) in [4.78, 5) is 2.66. The molecule has 7 heteroatoms. The van der Waals surface area contributed by atoms with Crippen LogP contribution in [0.4, 0.5) is 11.4 Å². The second-order valence-corrected chi connectivity index (χ2v) is 21.3. The van der Waals surface area contributed by atoms with Crippen LogP contribution in [0.3, 0.4) is 0 Å². The van der Waals surface area contributed by atoms with Gasteiger partial charge in [0.2, 0.25) is 5.69 Å². The van der Waals surface area contributed by atoms with Crippen molar-refractivity contribution < 1.29 is 33.5 Å². The lowest BCUT2D eigenvalue weighted by Gasteiger charge is -2.27. The zero-order valence-corrected chi connectivity index (χ0v) is 43.3.